The molecule has 3 N–H and O–H groups in total. The van der Waals surface area contributed by atoms with Gasteiger partial charge in [-0.1, -0.05) is 0 Å². The molecule has 6 heterocycles. The lowest BCUT2D eigenvalue weighted by Crippen LogP contribution is -2.61. The van der Waals surface area contributed by atoms with E-state index >= 15 is 0 Å². The van der Waals surface area contributed by atoms with Gasteiger partial charge in [0, 0.05) is 25.2 Å². The molecule has 3 aromatic heterocycles. The molecule has 6 rings (SSSR count). The minimum Gasteiger partial charge on any atom is -0.475 e. The highest BCUT2D eigenvalue weighted by atomic mass is 79.9. The number of rotatable bonds is 3. The summed E-state index contributed by atoms with van der Waals surface area (Å²) in [6.45, 7) is 1.99. The first-order chi connectivity index (χ1) is 15.6. The van der Waals surface area contributed by atoms with E-state index in [4.69, 9.17) is 15.0 Å². The van der Waals surface area contributed by atoms with Crippen LogP contribution in [0.5, 0.6) is 0 Å². The monoisotopic (exact) mass is 545 g/mol. The lowest BCUT2D eigenvalue weighted by Gasteiger charge is -2.46. The van der Waals surface area contributed by atoms with Gasteiger partial charge in [0.05, 0.1) is 15.0 Å². The normalized spacial score (nSPS) is 19.8. The first-order valence-corrected chi connectivity index (χ1v) is 11.6. The van der Waals surface area contributed by atoms with E-state index in [1.54, 1.807) is 15.9 Å². The van der Waals surface area contributed by atoms with Gasteiger partial charge in [0.1, 0.15) is 11.5 Å². The number of aromatic nitrogens is 2. The van der Waals surface area contributed by atoms with Crippen molar-refractivity contribution in [2.45, 2.75) is 31.1 Å². The summed E-state index contributed by atoms with van der Waals surface area (Å²) in [5.41, 5.74) is 2.24. The number of carboxylic acid groups (broad SMARTS) is 1. The summed E-state index contributed by atoms with van der Waals surface area (Å²) in [6.07, 6.45) is -2.65. The third-order valence-electron chi connectivity index (χ3n) is 5.47. The molecular weight excluding hydrogens is 527 g/mol. The van der Waals surface area contributed by atoms with E-state index < -0.39 is 12.1 Å². The van der Waals surface area contributed by atoms with Crippen molar-refractivity contribution in [3.8, 4) is 0 Å². The molecule has 3 aliphatic rings. The Labute approximate surface area is 198 Å². The quantitative estimate of drug-likeness (QED) is 0.460. The number of alkyl halides is 3. The lowest BCUT2D eigenvalue weighted by molar-refractivity contribution is -0.192. The van der Waals surface area contributed by atoms with Gasteiger partial charge in [-0.3, -0.25) is 4.79 Å². The summed E-state index contributed by atoms with van der Waals surface area (Å²) in [5, 5.41) is 20.4. The zero-order chi connectivity index (χ0) is 23.8. The smallest absolute Gasteiger partial charge is 0.475 e. The van der Waals surface area contributed by atoms with Crippen LogP contribution in [0.1, 0.15) is 23.3 Å². The molecule has 3 aromatic rings. The van der Waals surface area contributed by atoms with E-state index in [9.17, 15) is 18.0 Å². The first-order valence-electron chi connectivity index (χ1n) is 9.97. The molecule has 0 unspecified atom stereocenters. The summed E-state index contributed by atoms with van der Waals surface area (Å²) in [5.74, 6) is -1.97. The van der Waals surface area contributed by atoms with Crippen LogP contribution < -0.4 is 15.5 Å². The van der Waals surface area contributed by atoms with E-state index in [1.165, 1.54) is 12.8 Å². The summed E-state index contributed by atoms with van der Waals surface area (Å²) in [4.78, 5) is 24.0. The number of hydrogen-bond acceptors (Lipinski definition) is 6. The van der Waals surface area contributed by atoms with Crippen molar-refractivity contribution in [2.24, 2.45) is 0 Å². The minimum atomic E-state index is -5.08. The summed E-state index contributed by atoms with van der Waals surface area (Å²) < 4.78 is 34.4. The maximum absolute atomic E-state index is 12.7. The van der Waals surface area contributed by atoms with Gasteiger partial charge in [-0.25, -0.2) is 9.31 Å². The highest BCUT2D eigenvalue weighted by Gasteiger charge is 2.38. The Kier molecular flexibility index (Phi) is 6.64. The standard InChI is InChI=1S/C18H18BrN5OS.C2HF3O2/c19-17-14(7-8-26-17)21-18(25)15-5-3-12-4-6-16(22-24(12)15)23-10-11-1-2-13(23)9-20-11;3-2(4,5)1(6)7/h3-8,11,13,20H,1-2,9-10H2,(H,21,25);(H,6,7)/t11-,13-;/m1./s1. The van der Waals surface area contributed by atoms with Gasteiger partial charge < -0.3 is 20.6 Å². The SMILES string of the molecule is O=C(Nc1ccsc1Br)c1ccc2ccc(N3C[C@H]4CC[C@@H]3CN4)nn12.O=C(O)C(F)(F)F. The number of carbonyl (C=O) groups excluding carboxylic acids is 1. The van der Waals surface area contributed by atoms with Gasteiger partial charge in [-0.2, -0.15) is 13.2 Å². The number of halogens is 4. The van der Waals surface area contributed by atoms with E-state index in [0.717, 1.165) is 33.9 Å². The molecule has 3 fully saturated rings. The Balaban J connectivity index is 0.000000325. The van der Waals surface area contributed by atoms with Gasteiger partial charge in [-0.15, -0.1) is 16.4 Å². The number of thiophene rings is 1. The van der Waals surface area contributed by atoms with Gasteiger partial charge in [-0.05, 0) is 64.5 Å². The van der Waals surface area contributed by atoms with Crippen LogP contribution >= 0.6 is 27.3 Å². The molecule has 0 aliphatic carbocycles. The predicted octanol–water partition coefficient (Wildman–Crippen LogP) is 3.98. The van der Waals surface area contributed by atoms with Crippen molar-refractivity contribution in [1.29, 1.82) is 0 Å². The maximum Gasteiger partial charge on any atom is 0.490 e. The zero-order valence-corrected chi connectivity index (χ0v) is 19.4. The molecular formula is C20H19BrF3N5O3S. The molecule has 2 bridgehead atoms. The second-order valence-corrected chi connectivity index (χ2v) is 9.83. The molecule has 1 amide bonds. The number of fused-ring (bicyclic) bond motifs is 4. The number of amides is 1. The Hall–Kier alpha value is -2.64. The van der Waals surface area contributed by atoms with Crippen LogP contribution in [0.25, 0.3) is 5.52 Å². The van der Waals surface area contributed by atoms with Crippen LogP contribution in [0.3, 0.4) is 0 Å². The first kappa shape index (κ1) is 23.5. The summed E-state index contributed by atoms with van der Waals surface area (Å²) >= 11 is 5.00. The summed E-state index contributed by atoms with van der Waals surface area (Å²) in [6, 6.07) is 10.8. The van der Waals surface area contributed by atoms with Crippen molar-refractivity contribution >= 4 is 56.2 Å². The molecule has 3 aliphatic heterocycles. The topological polar surface area (TPSA) is 99.0 Å². The number of nitrogens with zero attached hydrogens (tertiary/aromatic N) is 3. The molecule has 0 saturated carbocycles. The second-order valence-electron chi connectivity index (χ2n) is 7.60. The highest BCUT2D eigenvalue weighted by molar-refractivity contribution is 9.11. The van der Waals surface area contributed by atoms with Crippen LogP contribution in [0, 0.1) is 0 Å². The number of piperazine rings is 1. The molecule has 176 valence electrons. The minimum absolute atomic E-state index is 0.157. The van der Waals surface area contributed by atoms with Crippen LogP contribution in [-0.4, -0.2) is 57.9 Å². The molecule has 0 spiro atoms. The van der Waals surface area contributed by atoms with Crippen molar-refractivity contribution in [3.63, 3.8) is 0 Å². The molecule has 13 heteroatoms. The van der Waals surface area contributed by atoms with Gasteiger partial charge in [0.25, 0.3) is 5.91 Å². The van der Waals surface area contributed by atoms with E-state index in [2.05, 4.69) is 37.5 Å². The molecule has 8 nitrogen and oxygen atoms in total. The number of carbonyl (C=O) groups is 2. The largest absolute Gasteiger partial charge is 0.490 e. The number of nitrogens with one attached hydrogen (secondary N) is 2. The van der Waals surface area contributed by atoms with E-state index in [1.807, 2.05) is 29.6 Å². The lowest BCUT2D eigenvalue weighted by atomic mass is 9.93. The van der Waals surface area contributed by atoms with E-state index in [0.29, 0.717) is 17.8 Å². The summed E-state index contributed by atoms with van der Waals surface area (Å²) in [7, 11) is 0. The Morgan fingerprint density at radius 1 is 1.21 bits per heavy atom. The van der Waals surface area contributed by atoms with E-state index in [-0.39, 0.29) is 5.91 Å². The fourth-order valence-electron chi connectivity index (χ4n) is 3.86. The van der Waals surface area contributed by atoms with Gasteiger partial charge in [0.15, 0.2) is 0 Å². The van der Waals surface area contributed by atoms with Crippen LogP contribution in [0.2, 0.25) is 0 Å². The third-order valence-corrected chi connectivity index (χ3v) is 7.16. The maximum atomic E-state index is 12.7. The highest BCUT2D eigenvalue weighted by Crippen LogP contribution is 2.29. The third kappa shape index (κ3) is 5.14. The molecule has 33 heavy (non-hydrogen) atoms. The predicted molar refractivity (Wildman–Crippen MR) is 121 cm³/mol. The molecule has 3 saturated heterocycles. The fraction of sp³-hybridized carbons (Fsp3) is 0.350. The average Bonchev–Trinajstić information content (AvgIpc) is 3.40. The number of aliphatic carboxylic acids is 1. The van der Waals surface area contributed by atoms with Crippen LogP contribution in [-0.2, 0) is 4.79 Å². The fourth-order valence-corrected chi connectivity index (χ4v) is 4.99. The van der Waals surface area contributed by atoms with Crippen LogP contribution in [0.4, 0.5) is 24.7 Å². The molecule has 2 atom stereocenters. The van der Waals surface area contributed by atoms with Gasteiger partial charge >= 0.3 is 12.1 Å². The van der Waals surface area contributed by atoms with Crippen molar-refractivity contribution in [3.05, 3.63) is 45.2 Å². The van der Waals surface area contributed by atoms with Gasteiger partial charge in [0.2, 0.25) is 0 Å². The number of carboxylic acids is 1. The number of piperidine rings is 2. The number of hydrogen-bond donors (Lipinski definition) is 3. The average molecular weight is 546 g/mol. The second kappa shape index (κ2) is 9.31. The molecule has 0 aromatic carbocycles. The molecule has 0 radical (unpaired) electrons. The van der Waals surface area contributed by atoms with Crippen LogP contribution in [0.15, 0.2) is 39.5 Å². The van der Waals surface area contributed by atoms with Crippen molar-refractivity contribution in [1.82, 2.24) is 14.9 Å². The zero-order valence-electron chi connectivity index (χ0n) is 17.0. The Bertz CT molecular complexity index is 1170. The Morgan fingerprint density at radius 3 is 2.48 bits per heavy atom. The van der Waals surface area contributed by atoms with Crippen molar-refractivity contribution < 1.29 is 27.9 Å². The van der Waals surface area contributed by atoms with Crippen molar-refractivity contribution in [2.75, 3.05) is 23.3 Å². The number of anilines is 2. The Morgan fingerprint density at radius 2 is 1.94 bits per heavy atom.